The molecule has 10 N–H and O–H groups in total. The minimum atomic E-state index is -1.80. The summed E-state index contributed by atoms with van der Waals surface area (Å²) in [5.74, 6) is 1.56. The van der Waals surface area contributed by atoms with Gasteiger partial charge in [-0.25, -0.2) is 0 Å². The van der Waals surface area contributed by atoms with Crippen molar-refractivity contribution in [2.75, 3.05) is 13.2 Å². The molecule has 21 atom stereocenters. The number of hydrogen-bond acceptors (Lipinski definition) is 14. The molecule has 326 valence electrons. The van der Waals surface area contributed by atoms with Crippen molar-refractivity contribution in [2.24, 2.45) is 51.2 Å². The standard InChI is InChI=1S/C42H74O14/c1-20(21-15-16-40(6)26-12-10-22-23(11-13-27(45)38(22,2)3)42(26,8)28(46)17-41(21,40)7)9-14-29(39(4,5)52)55-37-35(33(50)31(48)25(19-44)54-37)56-36-34(51)32(49)30(47)24(18-43)53-36/h20-37,43-52H,9-19H2,1-8H3/t20?,21?,22-,23?,24?,25?,26?,27?,28?,29?,30?,31?,32?,33?,34?,35?,36?,37?,40?,41?,42?/m1/s1. The average molecular weight is 803 g/mol. The molecule has 2 heterocycles. The number of fused-ring (bicyclic) bond motifs is 5. The van der Waals surface area contributed by atoms with Gasteiger partial charge in [-0.15, -0.1) is 0 Å². The molecule has 14 heteroatoms. The first-order chi connectivity index (χ1) is 26.0. The molecule has 6 fully saturated rings. The van der Waals surface area contributed by atoms with Crippen LogP contribution in [0, 0.1) is 51.2 Å². The highest BCUT2D eigenvalue weighted by Gasteiger charge is 2.71. The van der Waals surface area contributed by atoms with E-state index in [1.54, 1.807) is 13.8 Å². The molecule has 0 bridgehead atoms. The van der Waals surface area contributed by atoms with Gasteiger partial charge < -0.3 is 70.0 Å². The predicted octanol–water partition coefficient (Wildman–Crippen LogP) is 1.20. The number of hydrogen-bond donors (Lipinski definition) is 10. The van der Waals surface area contributed by atoms with E-state index in [1.807, 2.05) is 0 Å². The van der Waals surface area contributed by atoms with E-state index in [2.05, 4.69) is 41.5 Å². The topological polar surface area (TPSA) is 239 Å². The maximum atomic E-state index is 12.3. The lowest BCUT2D eigenvalue weighted by molar-refractivity contribution is -0.375. The quantitative estimate of drug-likeness (QED) is 0.141. The summed E-state index contributed by atoms with van der Waals surface area (Å²) in [5.41, 5.74) is -1.97. The zero-order valence-electron chi connectivity index (χ0n) is 34.8. The van der Waals surface area contributed by atoms with E-state index in [0.29, 0.717) is 42.9 Å². The van der Waals surface area contributed by atoms with Crippen LogP contribution in [0.2, 0.25) is 0 Å². The Kier molecular flexibility index (Phi) is 12.9. The highest BCUT2D eigenvalue weighted by Crippen LogP contribution is 2.75. The van der Waals surface area contributed by atoms with Gasteiger partial charge in [-0.2, -0.15) is 0 Å². The lowest BCUT2D eigenvalue weighted by Gasteiger charge is -2.69. The molecule has 0 aromatic heterocycles. The van der Waals surface area contributed by atoms with Crippen LogP contribution in [0.15, 0.2) is 0 Å². The Morgan fingerprint density at radius 1 is 0.679 bits per heavy atom. The van der Waals surface area contributed by atoms with E-state index in [-0.39, 0.29) is 33.7 Å². The van der Waals surface area contributed by atoms with Gasteiger partial charge in [0.25, 0.3) is 0 Å². The summed E-state index contributed by atoms with van der Waals surface area (Å²) >= 11 is 0. The molecule has 0 aromatic carbocycles. The van der Waals surface area contributed by atoms with E-state index >= 15 is 0 Å². The molecule has 6 aliphatic rings. The Bertz CT molecular complexity index is 1340. The second-order valence-electron chi connectivity index (χ2n) is 20.7. The van der Waals surface area contributed by atoms with Crippen LogP contribution in [-0.4, -0.2) is 150 Å². The summed E-state index contributed by atoms with van der Waals surface area (Å²) in [5, 5.41) is 108. The van der Waals surface area contributed by atoms with E-state index < -0.39 is 92.4 Å². The lowest BCUT2D eigenvalue weighted by atomic mass is 9.36. The number of aliphatic hydroxyl groups is 10. The van der Waals surface area contributed by atoms with Crippen molar-refractivity contribution in [1.29, 1.82) is 0 Å². The fourth-order valence-electron chi connectivity index (χ4n) is 13.4. The Morgan fingerprint density at radius 2 is 1.27 bits per heavy atom. The molecule has 2 saturated heterocycles. The Labute approximate surface area is 332 Å². The minimum Gasteiger partial charge on any atom is -0.394 e. The minimum absolute atomic E-state index is 0.0123. The molecular formula is C42H74O14. The summed E-state index contributed by atoms with van der Waals surface area (Å²) in [6.07, 6.45) is -9.87. The molecule has 0 radical (unpaired) electrons. The van der Waals surface area contributed by atoms with Crippen LogP contribution in [0.1, 0.15) is 113 Å². The van der Waals surface area contributed by atoms with E-state index in [9.17, 15) is 51.1 Å². The second-order valence-corrected chi connectivity index (χ2v) is 20.7. The summed E-state index contributed by atoms with van der Waals surface area (Å²) in [6.45, 7) is 15.7. The van der Waals surface area contributed by atoms with Gasteiger partial charge in [0, 0.05) is 0 Å². The molecule has 4 saturated carbocycles. The molecule has 0 spiro atoms. The van der Waals surface area contributed by atoms with Crippen LogP contribution < -0.4 is 0 Å². The largest absolute Gasteiger partial charge is 0.394 e. The van der Waals surface area contributed by atoms with Gasteiger partial charge in [0.1, 0.15) is 48.8 Å². The molecule has 14 nitrogen and oxygen atoms in total. The van der Waals surface area contributed by atoms with Gasteiger partial charge in [0.2, 0.25) is 0 Å². The summed E-state index contributed by atoms with van der Waals surface area (Å²) in [4.78, 5) is 0. The summed E-state index contributed by atoms with van der Waals surface area (Å²) in [7, 11) is 0. The van der Waals surface area contributed by atoms with E-state index in [4.69, 9.17) is 18.9 Å². The normalized spacial score (nSPS) is 51.8. The van der Waals surface area contributed by atoms with Gasteiger partial charge >= 0.3 is 0 Å². The zero-order valence-corrected chi connectivity index (χ0v) is 34.8. The number of rotatable bonds is 11. The molecule has 20 unspecified atom stereocenters. The lowest BCUT2D eigenvalue weighted by Crippen LogP contribution is -2.66. The molecular weight excluding hydrogens is 728 g/mol. The maximum Gasteiger partial charge on any atom is 0.187 e. The summed E-state index contributed by atoms with van der Waals surface area (Å²) < 4.78 is 23.7. The van der Waals surface area contributed by atoms with Crippen LogP contribution in [0.5, 0.6) is 0 Å². The molecule has 0 aromatic rings. The number of ether oxygens (including phenoxy) is 4. The fourth-order valence-corrected chi connectivity index (χ4v) is 13.4. The van der Waals surface area contributed by atoms with Gasteiger partial charge in [0.05, 0.1) is 37.1 Å². The van der Waals surface area contributed by atoms with Crippen molar-refractivity contribution >= 4 is 0 Å². The smallest absolute Gasteiger partial charge is 0.187 e. The third kappa shape index (κ3) is 7.24. The van der Waals surface area contributed by atoms with Crippen LogP contribution in [-0.2, 0) is 18.9 Å². The van der Waals surface area contributed by atoms with Crippen molar-refractivity contribution in [3.8, 4) is 0 Å². The van der Waals surface area contributed by atoms with Gasteiger partial charge in [-0.3, -0.25) is 0 Å². The highest BCUT2D eigenvalue weighted by molar-refractivity contribution is 5.19. The molecule has 0 amide bonds. The second kappa shape index (κ2) is 16.0. The van der Waals surface area contributed by atoms with Crippen molar-refractivity contribution in [3.05, 3.63) is 0 Å². The first-order valence-electron chi connectivity index (χ1n) is 21.3. The maximum absolute atomic E-state index is 12.3. The Morgan fingerprint density at radius 3 is 1.88 bits per heavy atom. The third-order valence-electron chi connectivity index (χ3n) is 17.2. The van der Waals surface area contributed by atoms with Crippen LogP contribution >= 0.6 is 0 Å². The van der Waals surface area contributed by atoms with Crippen molar-refractivity contribution < 1.29 is 70.0 Å². The molecule has 2 aliphatic heterocycles. The van der Waals surface area contributed by atoms with Crippen molar-refractivity contribution in [3.63, 3.8) is 0 Å². The van der Waals surface area contributed by atoms with Crippen LogP contribution in [0.4, 0.5) is 0 Å². The Balaban J connectivity index is 1.18. The predicted molar refractivity (Wildman–Crippen MR) is 202 cm³/mol. The van der Waals surface area contributed by atoms with Crippen molar-refractivity contribution in [2.45, 2.75) is 199 Å². The Hall–Kier alpha value is -0.560. The third-order valence-corrected chi connectivity index (χ3v) is 17.2. The van der Waals surface area contributed by atoms with E-state index in [1.165, 1.54) is 0 Å². The highest BCUT2D eigenvalue weighted by atomic mass is 16.8. The zero-order chi connectivity index (χ0) is 41.5. The average Bonchev–Trinajstić information content (AvgIpc) is 3.40. The van der Waals surface area contributed by atoms with E-state index in [0.717, 1.165) is 38.5 Å². The monoisotopic (exact) mass is 803 g/mol. The molecule has 56 heavy (non-hydrogen) atoms. The van der Waals surface area contributed by atoms with Crippen molar-refractivity contribution in [1.82, 2.24) is 0 Å². The molecule has 6 rings (SSSR count). The van der Waals surface area contributed by atoms with Gasteiger partial charge in [0.15, 0.2) is 12.6 Å². The number of aliphatic hydroxyl groups excluding tert-OH is 9. The first-order valence-corrected chi connectivity index (χ1v) is 21.3. The first kappa shape index (κ1) is 45.0. The SMILES string of the molecule is CC(CCC(OC1OC(CO)C(O)C(O)C1OC1OC(CO)C(O)C(O)C1O)C(C)(C)O)C1CCC2(C)C3CC[C@@H]4C(CCC(O)C4(C)C)C3(C)C(O)CC12C. The fraction of sp³-hybridized carbons (Fsp3) is 1.00. The van der Waals surface area contributed by atoms with Gasteiger partial charge in [-0.1, -0.05) is 41.5 Å². The van der Waals surface area contributed by atoms with Crippen LogP contribution in [0.3, 0.4) is 0 Å². The summed E-state index contributed by atoms with van der Waals surface area (Å²) in [6, 6.07) is 0. The molecule has 4 aliphatic carbocycles. The van der Waals surface area contributed by atoms with Gasteiger partial charge in [-0.05, 0) is 123 Å². The van der Waals surface area contributed by atoms with Crippen LogP contribution in [0.25, 0.3) is 0 Å².